The van der Waals surface area contributed by atoms with Crippen LogP contribution >= 0.6 is 0 Å². The first kappa shape index (κ1) is 18.7. The van der Waals surface area contributed by atoms with Gasteiger partial charge in [0.25, 0.3) is 0 Å². The Bertz CT molecular complexity index is 1100. The van der Waals surface area contributed by atoms with Gasteiger partial charge in [-0.1, -0.05) is 36.1 Å². The molecular formula is C21H16FN3O4. The number of fused-ring (bicyclic) bond motifs is 1. The Morgan fingerprint density at radius 2 is 2.10 bits per heavy atom. The summed E-state index contributed by atoms with van der Waals surface area (Å²) in [6, 6.07) is 14.2. The van der Waals surface area contributed by atoms with E-state index in [4.69, 9.17) is 9.47 Å². The number of nitrogens with zero attached hydrogens (tertiary/aromatic N) is 3. The van der Waals surface area contributed by atoms with Gasteiger partial charge in [-0.25, -0.2) is 4.39 Å². The van der Waals surface area contributed by atoms with Crippen molar-refractivity contribution in [1.82, 2.24) is 9.55 Å². The van der Waals surface area contributed by atoms with Gasteiger partial charge < -0.3 is 19.6 Å². The molecule has 0 unspecified atom stereocenters. The lowest BCUT2D eigenvalue weighted by Gasteiger charge is -2.21. The van der Waals surface area contributed by atoms with E-state index >= 15 is 0 Å². The summed E-state index contributed by atoms with van der Waals surface area (Å²) < 4.78 is 25.7. The molecule has 2 aromatic carbocycles. The highest BCUT2D eigenvalue weighted by molar-refractivity contribution is 5.65. The maximum Gasteiger partial charge on any atom is 0.414 e. The Morgan fingerprint density at radius 3 is 2.90 bits per heavy atom. The van der Waals surface area contributed by atoms with Crippen LogP contribution in [0.15, 0.2) is 54.7 Å². The number of rotatable bonds is 4. The molecule has 0 saturated heterocycles. The molecule has 146 valence electrons. The van der Waals surface area contributed by atoms with Crippen molar-refractivity contribution >= 4 is 5.82 Å². The standard InChI is InChI=1S/C21H16FN3O4/c22-18-8-6-16(7-9-18)17-5-1-3-15(11-17)4-2-10-28-19-12-24-13-20(25(26)27)23-21(24)29-14-19/h1,3,5-9,11,13,19H,10,12,14H2/t19-/m0/s1. The van der Waals surface area contributed by atoms with Crippen molar-refractivity contribution in [3.8, 4) is 29.0 Å². The molecule has 0 N–H and O–H groups in total. The molecule has 1 aliphatic rings. The number of imidazole rings is 1. The van der Waals surface area contributed by atoms with E-state index < -0.39 is 4.92 Å². The molecule has 8 heteroatoms. The van der Waals surface area contributed by atoms with Crippen LogP contribution in [0, 0.1) is 27.8 Å². The Hall–Kier alpha value is -3.70. The molecule has 7 nitrogen and oxygen atoms in total. The zero-order chi connectivity index (χ0) is 20.2. The molecule has 0 spiro atoms. The van der Waals surface area contributed by atoms with E-state index in [2.05, 4.69) is 16.8 Å². The average molecular weight is 393 g/mol. The first-order chi connectivity index (χ1) is 14.1. The molecule has 0 radical (unpaired) electrons. The van der Waals surface area contributed by atoms with Gasteiger partial charge in [-0.2, -0.15) is 0 Å². The van der Waals surface area contributed by atoms with Crippen LogP contribution in [0.2, 0.25) is 0 Å². The minimum absolute atomic E-state index is 0.195. The second kappa shape index (κ2) is 8.12. The van der Waals surface area contributed by atoms with Gasteiger partial charge in [0.2, 0.25) is 0 Å². The van der Waals surface area contributed by atoms with Crippen LogP contribution in [0.3, 0.4) is 0 Å². The zero-order valence-electron chi connectivity index (χ0n) is 15.2. The van der Waals surface area contributed by atoms with Crippen LogP contribution in [0.25, 0.3) is 11.1 Å². The van der Waals surface area contributed by atoms with Crippen molar-refractivity contribution in [1.29, 1.82) is 0 Å². The second-order valence-corrected chi connectivity index (χ2v) is 6.42. The van der Waals surface area contributed by atoms with Crippen LogP contribution in [0.4, 0.5) is 10.2 Å². The van der Waals surface area contributed by atoms with Crippen LogP contribution in [0.1, 0.15) is 5.56 Å². The molecule has 0 fully saturated rings. The van der Waals surface area contributed by atoms with Crippen molar-refractivity contribution in [3.05, 3.63) is 76.2 Å². The van der Waals surface area contributed by atoms with E-state index in [1.165, 1.54) is 18.3 Å². The lowest BCUT2D eigenvalue weighted by molar-refractivity contribution is -0.389. The lowest BCUT2D eigenvalue weighted by Crippen LogP contribution is -2.32. The van der Waals surface area contributed by atoms with Crippen molar-refractivity contribution in [2.24, 2.45) is 0 Å². The maximum atomic E-state index is 13.1. The fourth-order valence-electron chi connectivity index (χ4n) is 2.98. The van der Waals surface area contributed by atoms with Crippen molar-refractivity contribution in [2.45, 2.75) is 12.6 Å². The number of hydrogen-bond donors (Lipinski definition) is 0. The Labute approximate surface area is 165 Å². The molecule has 1 atom stereocenters. The number of aromatic nitrogens is 2. The van der Waals surface area contributed by atoms with Gasteiger partial charge in [0.1, 0.15) is 31.3 Å². The predicted octanol–water partition coefficient (Wildman–Crippen LogP) is 3.43. The Kier molecular flexibility index (Phi) is 5.22. The Balaban J connectivity index is 1.35. The fourth-order valence-corrected chi connectivity index (χ4v) is 2.98. The van der Waals surface area contributed by atoms with Gasteiger partial charge in [-0.3, -0.25) is 4.57 Å². The molecule has 1 aliphatic heterocycles. The van der Waals surface area contributed by atoms with E-state index in [0.29, 0.717) is 6.54 Å². The topological polar surface area (TPSA) is 79.4 Å². The third-order valence-electron chi connectivity index (χ3n) is 4.38. The van der Waals surface area contributed by atoms with Crippen molar-refractivity contribution in [3.63, 3.8) is 0 Å². The summed E-state index contributed by atoms with van der Waals surface area (Å²) in [6.07, 6.45) is 1.06. The first-order valence-electron chi connectivity index (χ1n) is 8.89. The molecule has 3 aromatic rings. The minimum atomic E-state index is -0.559. The third-order valence-corrected chi connectivity index (χ3v) is 4.38. The smallest absolute Gasteiger partial charge is 0.414 e. The molecular weight excluding hydrogens is 377 g/mol. The van der Waals surface area contributed by atoms with Crippen molar-refractivity contribution in [2.75, 3.05) is 13.2 Å². The molecule has 29 heavy (non-hydrogen) atoms. The van der Waals surface area contributed by atoms with Gasteiger partial charge in [0.05, 0.1) is 6.54 Å². The van der Waals surface area contributed by atoms with Gasteiger partial charge in [0.15, 0.2) is 0 Å². The highest BCUT2D eigenvalue weighted by atomic mass is 19.1. The van der Waals surface area contributed by atoms with E-state index in [-0.39, 0.29) is 37.0 Å². The predicted molar refractivity (Wildman–Crippen MR) is 103 cm³/mol. The second-order valence-electron chi connectivity index (χ2n) is 6.42. The van der Waals surface area contributed by atoms with Crippen LogP contribution < -0.4 is 4.74 Å². The number of ether oxygens (including phenoxy) is 2. The van der Waals surface area contributed by atoms with Crippen LogP contribution in [-0.4, -0.2) is 33.8 Å². The highest BCUT2D eigenvalue weighted by Crippen LogP contribution is 2.22. The van der Waals surface area contributed by atoms with E-state index in [0.717, 1.165) is 16.7 Å². The SMILES string of the molecule is O=[N+]([O-])c1cn2c(n1)OC[C@@H](OCC#Cc1cccc(-c3ccc(F)cc3)c1)C2. The third kappa shape index (κ3) is 4.42. The monoisotopic (exact) mass is 393 g/mol. The van der Waals surface area contributed by atoms with Gasteiger partial charge >= 0.3 is 11.8 Å². The van der Waals surface area contributed by atoms with Gasteiger partial charge in [0, 0.05) is 10.5 Å². The van der Waals surface area contributed by atoms with Gasteiger partial charge in [-0.05, 0) is 40.3 Å². The average Bonchev–Trinajstić information content (AvgIpc) is 3.16. The summed E-state index contributed by atoms with van der Waals surface area (Å²) in [5.74, 6) is 5.49. The largest absolute Gasteiger partial charge is 0.443 e. The molecule has 4 rings (SSSR count). The van der Waals surface area contributed by atoms with E-state index in [1.54, 1.807) is 16.7 Å². The summed E-state index contributed by atoms with van der Waals surface area (Å²) in [7, 11) is 0. The summed E-state index contributed by atoms with van der Waals surface area (Å²) >= 11 is 0. The van der Waals surface area contributed by atoms with Gasteiger partial charge in [-0.15, -0.1) is 0 Å². The summed E-state index contributed by atoms with van der Waals surface area (Å²) in [5.41, 5.74) is 2.69. The van der Waals surface area contributed by atoms with E-state index in [9.17, 15) is 14.5 Å². The normalized spacial score (nSPS) is 15.0. The number of hydrogen-bond acceptors (Lipinski definition) is 5. The van der Waals surface area contributed by atoms with Crippen LogP contribution in [-0.2, 0) is 11.3 Å². The number of benzene rings is 2. The number of halogens is 1. The zero-order valence-corrected chi connectivity index (χ0v) is 15.2. The van der Waals surface area contributed by atoms with Crippen LogP contribution in [0.5, 0.6) is 6.01 Å². The first-order valence-corrected chi connectivity index (χ1v) is 8.89. The highest BCUT2D eigenvalue weighted by Gasteiger charge is 2.27. The molecule has 2 heterocycles. The number of nitro groups is 1. The molecule has 0 amide bonds. The minimum Gasteiger partial charge on any atom is -0.443 e. The molecule has 0 saturated carbocycles. The maximum absolute atomic E-state index is 13.1. The molecule has 1 aromatic heterocycles. The lowest BCUT2D eigenvalue weighted by atomic mass is 10.0. The Morgan fingerprint density at radius 1 is 1.28 bits per heavy atom. The fraction of sp³-hybridized carbons (Fsp3) is 0.190. The summed E-state index contributed by atoms with van der Waals surface area (Å²) in [4.78, 5) is 14.0. The van der Waals surface area contributed by atoms with Crippen molar-refractivity contribution < 1.29 is 18.8 Å². The summed E-state index contributed by atoms with van der Waals surface area (Å²) in [6.45, 7) is 0.870. The van der Waals surface area contributed by atoms with E-state index in [1.807, 2.05) is 24.3 Å². The summed E-state index contributed by atoms with van der Waals surface area (Å²) in [5, 5.41) is 10.8. The quantitative estimate of drug-likeness (QED) is 0.386. The molecule has 0 aliphatic carbocycles. The molecule has 0 bridgehead atoms.